The number of fused-ring (bicyclic) bond motifs is 2. The SMILES string of the molecule is CC(C)n1cnc2cc(C(=O)N3C[C@H]4CCCC[C@H]4C3)cnc21. The molecule has 2 atom stereocenters. The van der Waals surface area contributed by atoms with Crippen LogP contribution in [0.25, 0.3) is 11.2 Å². The average Bonchev–Trinajstić information content (AvgIpc) is 3.17. The van der Waals surface area contributed by atoms with Crippen molar-refractivity contribution in [3.05, 3.63) is 24.2 Å². The molecular weight excluding hydrogens is 288 g/mol. The Balaban J connectivity index is 1.58. The van der Waals surface area contributed by atoms with E-state index in [1.54, 1.807) is 12.5 Å². The van der Waals surface area contributed by atoms with E-state index in [-0.39, 0.29) is 5.91 Å². The molecule has 2 fully saturated rings. The minimum absolute atomic E-state index is 0.118. The van der Waals surface area contributed by atoms with Gasteiger partial charge in [0.05, 0.1) is 11.9 Å². The lowest BCUT2D eigenvalue weighted by molar-refractivity contribution is 0.0784. The molecule has 5 nitrogen and oxygen atoms in total. The first-order valence-electron chi connectivity index (χ1n) is 8.75. The Kier molecular flexibility index (Phi) is 3.58. The molecule has 0 bridgehead atoms. The number of rotatable bonds is 2. The zero-order chi connectivity index (χ0) is 16.0. The minimum atomic E-state index is 0.118. The van der Waals surface area contributed by atoms with E-state index in [9.17, 15) is 4.79 Å². The van der Waals surface area contributed by atoms with Crippen molar-refractivity contribution in [1.29, 1.82) is 0 Å². The Hall–Kier alpha value is -1.91. The van der Waals surface area contributed by atoms with Crippen LogP contribution in [0.15, 0.2) is 18.6 Å². The molecule has 2 aliphatic rings. The highest BCUT2D eigenvalue weighted by Crippen LogP contribution is 2.36. The van der Waals surface area contributed by atoms with E-state index in [0.717, 1.165) is 24.3 Å². The zero-order valence-corrected chi connectivity index (χ0v) is 13.9. The second-order valence-electron chi connectivity index (χ2n) is 7.33. The number of imidazole rings is 1. The van der Waals surface area contributed by atoms with Crippen LogP contribution in [0, 0.1) is 11.8 Å². The Labute approximate surface area is 136 Å². The lowest BCUT2D eigenvalue weighted by Gasteiger charge is -2.22. The fourth-order valence-corrected chi connectivity index (χ4v) is 4.17. The van der Waals surface area contributed by atoms with E-state index in [0.29, 0.717) is 23.4 Å². The maximum Gasteiger partial charge on any atom is 0.255 e. The molecule has 2 aromatic heterocycles. The summed E-state index contributed by atoms with van der Waals surface area (Å²) in [6.07, 6.45) is 8.73. The van der Waals surface area contributed by atoms with Crippen molar-refractivity contribution in [2.45, 2.75) is 45.6 Å². The third-order valence-electron chi connectivity index (χ3n) is 5.48. The average molecular weight is 312 g/mol. The summed E-state index contributed by atoms with van der Waals surface area (Å²) in [5.41, 5.74) is 2.33. The number of amides is 1. The van der Waals surface area contributed by atoms with Gasteiger partial charge in [0.2, 0.25) is 0 Å². The molecule has 2 aromatic rings. The molecule has 1 aliphatic heterocycles. The molecule has 1 saturated heterocycles. The third kappa shape index (κ3) is 2.52. The van der Waals surface area contributed by atoms with Gasteiger partial charge >= 0.3 is 0 Å². The van der Waals surface area contributed by atoms with Crippen LogP contribution < -0.4 is 0 Å². The van der Waals surface area contributed by atoms with E-state index in [1.165, 1.54) is 25.7 Å². The van der Waals surface area contributed by atoms with Gasteiger partial charge in [-0.2, -0.15) is 0 Å². The van der Waals surface area contributed by atoms with Crippen LogP contribution in [0.3, 0.4) is 0 Å². The van der Waals surface area contributed by atoms with Crippen molar-refractivity contribution in [2.24, 2.45) is 11.8 Å². The topological polar surface area (TPSA) is 51.0 Å². The summed E-state index contributed by atoms with van der Waals surface area (Å²) in [4.78, 5) is 23.8. The summed E-state index contributed by atoms with van der Waals surface area (Å²) in [7, 11) is 0. The van der Waals surface area contributed by atoms with Gasteiger partial charge < -0.3 is 9.47 Å². The summed E-state index contributed by atoms with van der Waals surface area (Å²) in [5, 5.41) is 0. The van der Waals surface area contributed by atoms with Crippen LogP contribution >= 0.6 is 0 Å². The van der Waals surface area contributed by atoms with Crippen molar-refractivity contribution >= 4 is 17.1 Å². The number of likely N-dealkylation sites (tertiary alicyclic amines) is 1. The van der Waals surface area contributed by atoms with Gasteiger partial charge in [-0.25, -0.2) is 9.97 Å². The predicted molar refractivity (Wildman–Crippen MR) is 89.3 cm³/mol. The molecule has 0 radical (unpaired) electrons. The Morgan fingerprint density at radius 2 is 1.87 bits per heavy atom. The molecule has 1 saturated carbocycles. The monoisotopic (exact) mass is 312 g/mol. The molecular formula is C18H24N4O. The number of pyridine rings is 1. The molecule has 122 valence electrons. The quantitative estimate of drug-likeness (QED) is 0.855. The lowest BCUT2D eigenvalue weighted by atomic mass is 9.82. The predicted octanol–water partition coefficient (Wildman–Crippen LogP) is 3.27. The first-order chi connectivity index (χ1) is 11.1. The van der Waals surface area contributed by atoms with Gasteiger partial charge in [-0.15, -0.1) is 0 Å². The molecule has 5 heteroatoms. The number of hydrogen-bond acceptors (Lipinski definition) is 3. The number of nitrogens with zero attached hydrogens (tertiary/aromatic N) is 4. The van der Waals surface area contributed by atoms with E-state index in [1.807, 2.05) is 15.5 Å². The van der Waals surface area contributed by atoms with Gasteiger partial charge in [-0.3, -0.25) is 4.79 Å². The highest BCUT2D eigenvalue weighted by Gasteiger charge is 2.36. The van der Waals surface area contributed by atoms with Crippen molar-refractivity contribution in [2.75, 3.05) is 13.1 Å². The van der Waals surface area contributed by atoms with Crippen LogP contribution in [0.5, 0.6) is 0 Å². The fraction of sp³-hybridized carbons (Fsp3) is 0.611. The minimum Gasteiger partial charge on any atom is -0.338 e. The summed E-state index contributed by atoms with van der Waals surface area (Å²) >= 11 is 0. The zero-order valence-electron chi connectivity index (χ0n) is 13.9. The van der Waals surface area contributed by atoms with Gasteiger partial charge in [0.15, 0.2) is 5.65 Å². The first kappa shape index (κ1) is 14.7. The van der Waals surface area contributed by atoms with Crippen LogP contribution in [-0.2, 0) is 0 Å². The molecule has 0 aromatic carbocycles. The van der Waals surface area contributed by atoms with E-state index < -0.39 is 0 Å². The molecule has 1 amide bonds. The smallest absolute Gasteiger partial charge is 0.255 e. The number of carbonyl (C=O) groups excluding carboxylic acids is 1. The third-order valence-corrected chi connectivity index (χ3v) is 5.48. The van der Waals surface area contributed by atoms with Crippen molar-refractivity contribution < 1.29 is 4.79 Å². The molecule has 0 unspecified atom stereocenters. The molecule has 1 aliphatic carbocycles. The summed E-state index contributed by atoms with van der Waals surface area (Å²) in [6.45, 7) is 6.05. The van der Waals surface area contributed by atoms with Crippen molar-refractivity contribution in [1.82, 2.24) is 19.4 Å². The van der Waals surface area contributed by atoms with Crippen LogP contribution in [0.1, 0.15) is 55.9 Å². The highest BCUT2D eigenvalue weighted by molar-refractivity contribution is 5.96. The van der Waals surface area contributed by atoms with Gasteiger partial charge in [0.25, 0.3) is 5.91 Å². The Morgan fingerprint density at radius 3 is 2.52 bits per heavy atom. The van der Waals surface area contributed by atoms with Crippen molar-refractivity contribution in [3.8, 4) is 0 Å². The van der Waals surface area contributed by atoms with Gasteiger partial charge in [-0.1, -0.05) is 12.8 Å². The number of hydrogen-bond donors (Lipinski definition) is 0. The van der Waals surface area contributed by atoms with Gasteiger partial charge in [-0.05, 0) is 44.6 Å². The summed E-state index contributed by atoms with van der Waals surface area (Å²) in [5.74, 6) is 1.54. The summed E-state index contributed by atoms with van der Waals surface area (Å²) in [6, 6.07) is 2.21. The van der Waals surface area contributed by atoms with Gasteiger partial charge in [0.1, 0.15) is 5.52 Å². The molecule has 0 N–H and O–H groups in total. The lowest BCUT2D eigenvalue weighted by Crippen LogP contribution is -2.29. The second-order valence-corrected chi connectivity index (χ2v) is 7.33. The maximum atomic E-state index is 12.8. The normalized spacial score (nSPS) is 24.4. The standard InChI is InChI=1S/C18H24N4O/c1-12(2)22-11-20-16-7-15(8-19-17(16)22)18(23)21-9-13-5-3-4-6-14(13)10-21/h7-8,11-14H,3-6,9-10H2,1-2H3/t13-,14+. The Bertz CT molecular complexity index is 722. The van der Waals surface area contributed by atoms with E-state index >= 15 is 0 Å². The van der Waals surface area contributed by atoms with Gasteiger partial charge in [0, 0.05) is 25.3 Å². The summed E-state index contributed by atoms with van der Waals surface area (Å²) < 4.78 is 2.04. The van der Waals surface area contributed by atoms with Crippen LogP contribution in [0.2, 0.25) is 0 Å². The molecule has 4 rings (SSSR count). The molecule has 3 heterocycles. The first-order valence-corrected chi connectivity index (χ1v) is 8.75. The number of aromatic nitrogens is 3. The van der Waals surface area contributed by atoms with Crippen molar-refractivity contribution in [3.63, 3.8) is 0 Å². The molecule has 23 heavy (non-hydrogen) atoms. The van der Waals surface area contributed by atoms with Crippen LogP contribution in [0.4, 0.5) is 0 Å². The maximum absolute atomic E-state index is 12.8. The Morgan fingerprint density at radius 1 is 1.17 bits per heavy atom. The fourth-order valence-electron chi connectivity index (χ4n) is 4.17. The molecule has 0 spiro atoms. The second kappa shape index (κ2) is 5.62. The largest absolute Gasteiger partial charge is 0.338 e. The number of carbonyl (C=O) groups is 1. The van der Waals surface area contributed by atoms with E-state index in [2.05, 4.69) is 23.8 Å². The van der Waals surface area contributed by atoms with Crippen LogP contribution in [-0.4, -0.2) is 38.4 Å². The van der Waals surface area contributed by atoms with E-state index in [4.69, 9.17) is 0 Å². The highest BCUT2D eigenvalue weighted by atomic mass is 16.2.